The van der Waals surface area contributed by atoms with E-state index in [9.17, 15) is 4.79 Å². The molecule has 4 heteroatoms. The molecule has 0 atom stereocenters. The molecule has 1 amide bonds. The number of rotatable bonds is 6. The summed E-state index contributed by atoms with van der Waals surface area (Å²) in [6.07, 6.45) is 0. The van der Waals surface area contributed by atoms with Crippen LogP contribution in [-0.2, 0) is 11.3 Å². The predicted octanol–water partition coefficient (Wildman–Crippen LogP) is 2.73. The largest absolute Gasteiger partial charge is 0.497 e. The van der Waals surface area contributed by atoms with E-state index in [4.69, 9.17) is 4.74 Å². The van der Waals surface area contributed by atoms with E-state index in [0.717, 1.165) is 17.0 Å². The molecule has 0 radical (unpaired) electrons. The molecule has 0 heterocycles. The molecule has 0 spiro atoms. The van der Waals surface area contributed by atoms with Crippen LogP contribution in [0.4, 0.5) is 5.69 Å². The molecule has 0 saturated carbocycles. The Labute approximate surface area is 125 Å². The van der Waals surface area contributed by atoms with Gasteiger partial charge in [0, 0.05) is 12.2 Å². The third-order valence-corrected chi connectivity index (χ3v) is 3.12. The minimum atomic E-state index is -0.0349. The maximum Gasteiger partial charge on any atom is 0.239 e. The fraction of sp³-hybridized carbons (Fsp3) is 0.235. The van der Waals surface area contributed by atoms with E-state index < -0.39 is 0 Å². The fourth-order valence-electron chi connectivity index (χ4n) is 1.98. The van der Waals surface area contributed by atoms with Gasteiger partial charge >= 0.3 is 0 Å². The minimum Gasteiger partial charge on any atom is -0.497 e. The molecule has 0 bridgehead atoms. The highest BCUT2D eigenvalue weighted by Gasteiger charge is 2.02. The van der Waals surface area contributed by atoms with Crippen molar-refractivity contribution in [2.24, 2.45) is 0 Å². The van der Waals surface area contributed by atoms with Gasteiger partial charge in [0.1, 0.15) is 5.75 Å². The lowest BCUT2D eigenvalue weighted by molar-refractivity contribution is -0.119. The molecule has 0 saturated heterocycles. The quantitative estimate of drug-likeness (QED) is 0.857. The topological polar surface area (TPSA) is 50.4 Å². The molecule has 110 valence electrons. The third kappa shape index (κ3) is 4.84. The number of hydrogen-bond donors (Lipinski definition) is 2. The second-order valence-electron chi connectivity index (χ2n) is 4.85. The summed E-state index contributed by atoms with van der Waals surface area (Å²) in [5.74, 6) is 0.761. The van der Waals surface area contributed by atoms with Crippen LogP contribution in [0.25, 0.3) is 0 Å². The van der Waals surface area contributed by atoms with E-state index in [1.165, 1.54) is 5.56 Å². The summed E-state index contributed by atoms with van der Waals surface area (Å²) in [4.78, 5) is 11.8. The van der Waals surface area contributed by atoms with Crippen molar-refractivity contribution in [1.29, 1.82) is 0 Å². The average molecular weight is 284 g/mol. The molecule has 4 nitrogen and oxygen atoms in total. The fourth-order valence-corrected chi connectivity index (χ4v) is 1.98. The highest BCUT2D eigenvalue weighted by atomic mass is 16.5. The third-order valence-electron chi connectivity index (χ3n) is 3.12. The van der Waals surface area contributed by atoms with Crippen molar-refractivity contribution < 1.29 is 9.53 Å². The number of ether oxygens (including phenoxy) is 1. The van der Waals surface area contributed by atoms with Gasteiger partial charge in [0.15, 0.2) is 0 Å². The number of carbonyl (C=O) groups is 1. The Hall–Kier alpha value is -2.49. The lowest BCUT2D eigenvalue weighted by atomic mass is 10.1. The number of amides is 1. The molecule has 0 unspecified atom stereocenters. The Bertz CT molecular complexity index is 594. The Morgan fingerprint density at radius 2 is 1.90 bits per heavy atom. The number of methoxy groups -OCH3 is 1. The van der Waals surface area contributed by atoms with E-state index in [-0.39, 0.29) is 12.5 Å². The molecule has 2 aromatic rings. The first-order chi connectivity index (χ1) is 10.2. The van der Waals surface area contributed by atoms with Crippen molar-refractivity contribution in [3.05, 3.63) is 59.7 Å². The molecular weight excluding hydrogens is 264 g/mol. The summed E-state index contributed by atoms with van der Waals surface area (Å²) in [6, 6.07) is 15.6. The zero-order valence-electron chi connectivity index (χ0n) is 12.3. The smallest absolute Gasteiger partial charge is 0.239 e. The van der Waals surface area contributed by atoms with Crippen molar-refractivity contribution >= 4 is 11.6 Å². The van der Waals surface area contributed by atoms with Crippen LogP contribution in [0.15, 0.2) is 48.5 Å². The second-order valence-corrected chi connectivity index (χ2v) is 4.85. The SMILES string of the molecule is COc1ccc(NCC(=O)NCc2cccc(C)c2)cc1. The molecule has 2 N–H and O–H groups in total. The van der Waals surface area contributed by atoms with Gasteiger partial charge in [-0.3, -0.25) is 4.79 Å². The van der Waals surface area contributed by atoms with Gasteiger partial charge in [0.2, 0.25) is 5.91 Å². The van der Waals surface area contributed by atoms with Crippen molar-refractivity contribution in [3.63, 3.8) is 0 Å². The first kappa shape index (κ1) is 14.9. The minimum absolute atomic E-state index is 0.0349. The van der Waals surface area contributed by atoms with E-state index in [0.29, 0.717) is 6.54 Å². The van der Waals surface area contributed by atoms with Crippen molar-refractivity contribution in [3.8, 4) is 5.75 Å². The molecule has 0 aliphatic carbocycles. The highest BCUT2D eigenvalue weighted by Crippen LogP contribution is 2.14. The summed E-state index contributed by atoms with van der Waals surface area (Å²) in [5, 5.41) is 5.97. The molecule has 0 aliphatic rings. The highest BCUT2D eigenvalue weighted by molar-refractivity contribution is 5.80. The Kier molecular flexibility index (Phi) is 5.21. The Morgan fingerprint density at radius 3 is 2.57 bits per heavy atom. The summed E-state index contributed by atoms with van der Waals surface area (Å²) in [5.41, 5.74) is 3.19. The second kappa shape index (κ2) is 7.33. The normalized spacial score (nSPS) is 10.0. The van der Waals surface area contributed by atoms with Crippen LogP contribution >= 0.6 is 0 Å². The molecule has 2 aromatic carbocycles. The van der Waals surface area contributed by atoms with Crippen LogP contribution in [0, 0.1) is 6.92 Å². The number of carbonyl (C=O) groups excluding carboxylic acids is 1. The maximum atomic E-state index is 11.8. The van der Waals surface area contributed by atoms with Gasteiger partial charge in [-0.05, 0) is 36.8 Å². The zero-order valence-corrected chi connectivity index (χ0v) is 12.3. The molecule has 0 aliphatic heterocycles. The van der Waals surface area contributed by atoms with Gasteiger partial charge in [-0.25, -0.2) is 0 Å². The van der Waals surface area contributed by atoms with Crippen LogP contribution in [0.5, 0.6) is 5.75 Å². The lowest BCUT2D eigenvalue weighted by Crippen LogP contribution is -2.29. The summed E-state index contributed by atoms with van der Waals surface area (Å²) in [6.45, 7) is 2.83. The van der Waals surface area contributed by atoms with E-state index in [1.54, 1.807) is 7.11 Å². The van der Waals surface area contributed by atoms with Gasteiger partial charge in [0.05, 0.1) is 13.7 Å². The number of nitrogens with one attached hydrogen (secondary N) is 2. The lowest BCUT2D eigenvalue weighted by Gasteiger charge is -2.09. The van der Waals surface area contributed by atoms with Gasteiger partial charge in [-0.1, -0.05) is 29.8 Å². The number of anilines is 1. The molecule has 0 fully saturated rings. The van der Waals surface area contributed by atoms with Crippen LogP contribution in [0.2, 0.25) is 0 Å². The number of hydrogen-bond acceptors (Lipinski definition) is 3. The van der Waals surface area contributed by atoms with Crippen molar-refractivity contribution in [2.45, 2.75) is 13.5 Å². The van der Waals surface area contributed by atoms with Crippen LogP contribution in [-0.4, -0.2) is 19.6 Å². The van der Waals surface area contributed by atoms with Crippen LogP contribution < -0.4 is 15.4 Å². The monoisotopic (exact) mass is 284 g/mol. The standard InChI is InChI=1S/C17H20N2O2/c1-13-4-3-5-14(10-13)11-19-17(20)12-18-15-6-8-16(21-2)9-7-15/h3-10,18H,11-12H2,1-2H3,(H,19,20). The molecule has 0 aromatic heterocycles. The van der Waals surface area contributed by atoms with Crippen molar-refractivity contribution in [2.75, 3.05) is 19.0 Å². The summed E-state index contributed by atoms with van der Waals surface area (Å²) < 4.78 is 5.08. The molecular formula is C17H20N2O2. The Morgan fingerprint density at radius 1 is 1.14 bits per heavy atom. The molecule has 21 heavy (non-hydrogen) atoms. The summed E-state index contributed by atoms with van der Waals surface area (Å²) in [7, 11) is 1.63. The predicted molar refractivity (Wildman–Crippen MR) is 84.5 cm³/mol. The van der Waals surface area contributed by atoms with Gasteiger partial charge in [0.25, 0.3) is 0 Å². The first-order valence-electron chi connectivity index (χ1n) is 6.87. The van der Waals surface area contributed by atoms with Crippen LogP contribution in [0.3, 0.4) is 0 Å². The Balaban J connectivity index is 1.76. The first-order valence-corrected chi connectivity index (χ1v) is 6.87. The van der Waals surface area contributed by atoms with Crippen LogP contribution in [0.1, 0.15) is 11.1 Å². The molecule has 2 rings (SSSR count). The maximum absolute atomic E-state index is 11.8. The zero-order chi connectivity index (χ0) is 15.1. The van der Waals surface area contributed by atoms with E-state index in [1.807, 2.05) is 49.4 Å². The van der Waals surface area contributed by atoms with Gasteiger partial charge < -0.3 is 15.4 Å². The number of aryl methyl sites for hydroxylation is 1. The van der Waals surface area contributed by atoms with Gasteiger partial charge in [-0.2, -0.15) is 0 Å². The van der Waals surface area contributed by atoms with E-state index >= 15 is 0 Å². The summed E-state index contributed by atoms with van der Waals surface area (Å²) >= 11 is 0. The number of benzene rings is 2. The average Bonchev–Trinajstić information content (AvgIpc) is 2.51. The van der Waals surface area contributed by atoms with Crippen molar-refractivity contribution in [1.82, 2.24) is 5.32 Å². The van der Waals surface area contributed by atoms with E-state index in [2.05, 4.69) is 16.7 Å². The van der Waals surface area contributed by atoms with Gasteiger partial charge in [-0.15, -0.1) is 0 Å².